The van der Waals surface area contributed by atoms with Crippen LogP contribution in [0.3, 0.4) is 0 Å². The Bertz CT molecular complexity index is 1270. The number of carbonyl (C=O) groups is 2. The number of rotatable bonds is 10. The molecule has 8 N–H and O–H groups in total. The molecule has 0 fully saturated rings. The third kappa shape index (κ3) is 5.92. The third-order valence-corrected chi connectivity index (χ3v) is 7.22. The number of carbonyl (C=O) groups excluding carboxylic acids is 2. The molecule has 3 aromatic rings. The topological polar surface area (TPSA) is 212 Å². The number of amides is 2. The predicted molar refractivity (Wildman–Crippen MR) is 123 cm³/mol. The molecule has 2 heterocycles. The van der Waals surface area contributed by atoms with E-state index < -0.39 is 27.9 Å². The number of sulfonamides is 1. The fraction of sp³-hybridized carbons (Fsp3) is 0.235. The summed E-state index contributed by atoms with van der Waals surface area (Å²) in [5, 5.41) is 22.7. The number of fused-ring (bicyclic) bond motifs is 1. The minimum atomic E-state index is -4.09. The number of nitrogens with zero attached hydrogens (tertiary/aromatic N) is 2. The maximum atomic E-state index is 13.0. The van der Waals surface area contributed by atoms with Gasteiger partial charge in [-0.3, -0.25) is 24.9 Å². The van der Waals surface area contributed by atoms with Crippen LogP contribution in [0.5, 0.6) is 0 Å². The van der Waals surface area contributed by atoms with Gasteiger partial charge in [-0.2, -0.15) is 8.75 Å². The lowest BCUT2D eigenvalue weighted by atomic mass is 10.1. The average molecular weight is 513 g/mol. The van der Waals surface area contributed by atoms with Gasteiger partial charge in [-0.05, 0) is 36.4 Å². The molecular weight excluding hydrogens is 492 g/mol. The van der Waals surface area contributed by atoms with E-state index in [-0.39, 0.29) is 39.9 Å². The Labute approximate surface area is 196 Å². The van der Waals surface area contributed by atoms with Gasteiger partial charge in [0.15, 0.2) is 5.96 Å². The lowest BCUT2D eigenvalue weighted by Gasteiger charge is -2.17. The first-order valence-corrected chi connectivity index (χ1v) is 12.5. The van der Waals surface area contributed by atoms with Crippen LogP contribution in [0.1, 0.15) is 22.5 Å². The fourth-order valence-corrected chi connectivity index (χ4v) is 5.52. The molecule has 0 aliphatic rings. The summed E-state index contributed by atoms with van der Waals surface area (Å²) in [7, 11) is -4.09. The molecule has 33 heavy (non-hydrogen) atoms. The number of nitrogens with one attached hydrogen (secondary N) is 5. The molecule has 1 aromatic carbocycles. The van der Waals surface area contributed by atoms with Crippen LogP contribution < -0.4 is 26.6 Å². The smallest absolute Gasteiger partial charge is 0.265 e. The molecule has 3 rings (SSSR count). The number of nitrogens with two attached hydrogens (primary N) is 1. The summed E-state index contributed by atoms with van der Waals surface area (Å²) >= 11 is 1.86. The second kappa shape index (κ2) is 10.5. The normalized spacial score (nSPS) is 12.2. The molecule has 0 spiro atoms. The van der Waals surface area contributed by atoms with Crippen molar-refractivity contribution in [2.75, 3.05) is 11.3 Å². The lowest BCUT2D eigenvalue weighted by molar-refractivity contribution is -0.131. The second-order valence-corrected chi connectivity index (χ2v) is 9.74. The van der Waals surface area contributed by atoms with Crippen molar-refractivity contribution in [3.63, 3.8) is 0 Å². The molecule has 0 aliphatic heterocycles. The summed E-state index contributed by atoms with van der Waals surface area (Å²) in [5.74, 6) is -1.78. The Morgan fingerprint density at radius 2 is 2.03 bits per heavy atom. The first-order chi connectivity index (χ1) is 15.7. The van der Waals surface area contributed by atoms with Crippen LogP contribution >= 0.6 is 23.1 Å². The number of hydrogen-bond acceptors (Lipinski definition) is 10. The molecule has 1 atom stereocenters. The number of anilines is 1. The van der Waals surface area contributed by atoms with Crippen LogP contribution in [0.4, 0.5) is 5.69 Å². The number of aromatic nitrogens is 2. The number of guanidine groups is 1. The van der Waals surface area contributed by atoms with E-state index in [4.69, 9.17) is 16.4 Å². The predicted octanol–water partition coefficient (Wildman–Crippen LogP) is 0.421. The molecule has 176 valence electrons. The highest BCUT2D eigenvalue weighted by Crippen LogP contribution is 2.28. The lowest BCUT2D eigenvalue weighted by Crippen LogP contribution is -2.46. The number of hydroxylamine groups is 1. The van der Waals surface area contributed by atoms with Gasteiger partial charge in [0.25, 0.3) is 21.8 Å². The summed E-state index contributed by atoms with van der Waals surface area (Å²) < 4.78 is 36.4. The van der Waals surface area contributed by atoms with Crippen molar-refractivity contribution in [1.82, 2.24) is 24.9 Å². The van der Waals surface area contributed by atoms with E-state index in [0.29, 0.717) is 11.9 Å². The largest absolute Gasteiger partial charge is 0.370 e. The molecule has 2 aromatic heterocycles. The summed E-state index contributed by atoms with van der Waals surface area (Å²) in [5.41, 5.74) is 7.37. The van der Waals surface area contributed by atoms with Crippen molar-refractivity contribution in [2.45, 2.75) is 23.8 Å². The van der Waals surface area contributed by atoms with Crippen LogP contribution in [-0.4, -0.2) is 52.7 Å². The van der Waals surface area contributed by atoms with Gasteiger partial charge in [-0.1, -0.05) is 6.07 Å². The highest BCUT2D eigenvalue weighted by Gasteiger charge is 2.26. The van der Waals surface area contributed by atoms with E-state index in [1.165, 1.54) is 23.0 Å². The van der Waals surface area contributed by atoms with Crippen LogP contribution in [0.25, 0.3) is 11.0 Å². The summed E-state index contributed by atoms with van der Waals surface area (Å²) in [4.78, 5) is 24.7. The minimum absolute atomic E-state index is 0.0269. The molecule has 0 saturated heterocycles. The van der Waals surface area contributed by atoms with Crippen molar-refractivity contribution in [3.05, 3.63) is 34.5 Å². The van der Waals surface area contributed by atoms with Gasteiger partial charge in [-0.15, -0.1) is 11.3 Å². The highest BCUT2D eigenvalue weighted by molar-refractivity contribution is 7.93. The standard InChI is InChI=1S/C17H20N8O5S3/c18-17(19)20-7-2-4-11(15(26)22-28)21-16(27)14-10(6-8-31-14)25-33(29,30)12-5-1-3-9-13(12)24-32-23-9/h1,3,5-6,8,11,25,28H,2,4,7H2,(H,21,27)(H,22,26)(H4,18,19,20)/t11-/m0/s1. The van der Waals surface area contributed by atoms with Crippen molar-refractivity contribution in [3.8, 4) is 0 Å². The number of hydrogen-bond donors (Lipinski definition) is 7. The first-order valence-electron chi connectivity index (χ1n) is 9.37. The van der Waals surface area contributed by atoms with E-state index in [9.17, 15) is 18.0 Å². The quantitative estimate of drug-likeness (QED) is 0.0658. The van der Waals surface area contributed by atoms with E-state index in [1.807, 2.05) is 0 Å². The van der Waals surface area contributed by atoms with Crippen molar-refractivity contribution >= 4 is 67.6 Å². The Morgan fingerprint density at radius 3 is 2.76 bits per heavy atom. The Balaban J connectivity index is 1.75. The van der Waals surface area contributed by atoms with Gasteiger partial charge in [0.1, 0.15) is 26.8 Å². The van der Waals surface area contributed by atoms with E-state index in [2.05, 4.69) is 24.1 Å². The summed E-state index contributed by atoms with van der Waals surface area (Å²) in [6.07, 6.45) is 0.483. The molecular formula is C17H20N8O5S3. The van der Waals surface area contributed by atoms with Gasteiger partial charge in [0.2, 0.25) is 0 Å². The highest BCUT2D eigenvalue weighted by atomic mass is 32.2. The van der Waals surface area contributed by atoms with Gasteiger partial charge >= 0.3 is 0 Å². The molecule has 0 bridgehead atoms. The van der Waals surface area contributed by atoms with Crippen LogP contribution in [0.2, 0.25) is 0 Å². The molecule has 13 nitrogen and oxygen atoms in total. The second-order valence-electron chi connectivity index (χ2n) is 6.64. The zero-order chi connectivity index (χ0) is 24.0. The van der Waals surface area contributed by atoms with Crippen molar-refractivity contribution < 1.29 is 23.2 Å². The van der Waals surface area contributed by atoms with Gasteiger partial charge in [0, 0.05) is 6.54 Å². The van der Waals surface area contributed by atoms with Crippen LogP contribution in [-0.2, 0) is 14.8 Å². The zero-order valence-electron chi connectivity index (χ0n) is 16.9. The Morgan fingerprint density at radius 1 is 1.24 bits per heavy atom. The number of benzene rings is 1. The molecule has 0 aliphatic carbocycles. The maximum absolute atomic E-state index is 13.0. The first kappa shape index (κ1) is 24.3. The van der Waals surface area contributed by atoms with E-state index in [1.54, 1.807) is 12.1 Å². The summed E-state index contributed by atoms with van der Waals surface area (Å²) in [6.45, 7) is 0.279. The number of thiophene rings is 1. The van der Waals surface area contributed by atoms with Crippen LogP contribution in [0, 0.1) is 5.41 Å². The fourth-order valence-electron chi connectivity index (χ4n) is 2.86. The van der Waals surface area contributed by atoms with Gasteiger partial charge in [-0.25, -0.2) is 13.9 Å². The van der Waals surface area contributed by atoms with E-state index >= 15 is 0 Å². The minimum Gasteiger partial charge on any atom is -0.370 e. The molecule has 0 unspecified atom stereocenters. The van der Waals surface area contributed by atoms with Crippen LogP contribution in [0.15, 0.2) is 34.5 Å². The zero-order valence-corrected chi connectivity index (χ0v) is 19.3. The monoisotopic (exact) mass is 512 g/mol. The molecule has 0 radical (unpaired) electrons. The molecule has 0 saturated carbocycles. The summed E-state index contributed by atoms with van der Waals surface area (Å²) in [6, 6.07) is 4.89. The SMILES string of the molecule is N=C(N)NCCC[C@H](NC(=O)c1sccc1NS(=O)(=O)c1cccc2nsnc12)C(=O)NO. The van der Waals surface area contributed by atoms with E-state index in [0.717, 1.165) is 23.1 Å². The molecule has 2 amide bonds. The van der Waals surface area contributed by atoms with Crippen molar-refractivity contribution in [2.24, 2.45) is 5.73 Å². The van der Waals surface area contributed by atoms with Crippen molar-refractivity contribution in [1.29, 1.82) is 5.41 Å². The van der Waals surface area contributed by atoms with Gasteiger partial charge in [0.05, 0.1) is 17.4 Å². The Hall–Kier alpha value is -3.34. The van der Waals surface area contributed by atoms with Gasteiger partial charge < -0.3 is 16.4 Å². The molecule has 16 heteroatoms. The third-order valence-electron chi connectivity index (χ3n) is 4.37. The average Bonchev–Trinajstić information content (AvgIpc) is 3.43. The maximum Gasteiger partial charge on any atom is 0.265 e. The Kier molecular flexibility index (Phi) is 7.75.